The second kappa shape index (κ2) is 6.39. The molecule has 0 radical (unpaired) electrons. The summed E-state index contributed by atoms with van der Waals surface area (Å²) in [5.74, 6) is 0. The molecule has 0 spiro atoms. The van der Waals surface area contributed by atoms with E-state index in [1.54, 1.807) is 7.11 Å². The Kier molecular flexibility index (Phi) is 5.13. The van der Waals surface area contributed by atoms with Crippen LogP contribution in [0.2, 0.25) is 0 Å². The van der Waals surface area contributed by atoms with Crippen molar-refractivity contribution in [3.8, 4) is 0 Å². The highest BCUT2D eigenvalue weighted by Crippen LogP contribution is 2.25. The molecule has 16 heavy (non-hydrogen) atoms. The molecule has 0 amide bonds. The number of thiazole rings is 1. The summed E-state index contributed by atoms with van der Waals surface area (Å²) >= 11 is 1.04. The Morgan fingerprint density at radius 2 is 2.50 bits per heavy atom. The standard InChI is InChI=1S/C9H15N3O3S/c1-3-4-7(6-15-2)11-9-10-5-8(16-9)12(13)14/h5,7H,3-4,6H2,1-2H3,(H,10,11). The van der Waals surface area contributed by atoms with Gasteiger partial charge in [-0.25, -0.2) is 4.98 Å². The van der Waals surface area contributed by atoms with E-state index < -0.39 is 4.92 Å². The third-order valence-corrected chi connectivity index (χ3v) is 2.89. The molecule has 0 fully saturated rings. The molecule has 1 rings (SSSR count). The summed E-state index contributed by atoms with van der Waals surface area (Å²) in [6.07, 6.45) is 3.23. The van der Waals surface area contributed by atoms with Crippen LogP contribution in [0.5, 0.6) is 0 Å². The number of ether oxygens (including phenoxy) is 1. The van der Waals surface area contributed by atoms with E-state index in [1.807, 2.05) is 0 Å². The van der Waals surface area contributed by atoms with E-state index in [2.05, 4.69) is 17.2 Å². The average Bonchev–Trinajstić information content (AvgIpc) is 2.67. The van der Waals surface area contributed by atoms with Gasteiger partial charge in [0.15, 0.2) is 5.13 Å². The van der Waals surface area contributed by atoms with E-state index in [0.717, 1.165) is 24.2 Å². The van der Waals surface area contributed by atoms with Crippen molar-refractivity contribution in [2.75, 3.05) is 19.0 Å². The van der Waals surface area contributed by atoms with E-state index in [1.165, 1.54) is 6.20 Å². The van der Waals surface area contributed by atoms with Gasteiger partial charge in [0, 0.05) is 7.11 Å². The van der Waals surface area contributed by atoms with Gasteiger partial charge in [-0.15, -0.1) is 0 Å². The van der Waals surface area contributed by atoms with Gasteiger partial charge in [0.05, 0.1) is 17.6 Å². The predicted octanol–water partition coefficient (Wildman–Crippen LogP) is 2.28. The number of nitrogens with zero attached hydrogens (tertiary/aromatic N) is 2. The molecule has 0 aliphatic rings. The summed E-state index contributed by atoms with van der Waals surface area (Å²) in [6, 6.07) is 0.153. The zero-order chi connectivity index (χ0) is 12.0. The van der Waals surface area contributed by atoms with Crippen LogP contribution in [-0.4, -0.2) is 29.7 Å². The highest BCUT2D eigenvalue weighted by atomic mass is 32.1. The number of methoxy groups -OCH3 is 1. The maximum absolute atomic E-state index is 10.5. The van der Waals surface area contributed by atoms with Crippen LogP contribution in [0.3, 0.4) is 0 Å². The summed E-state index contributed by atoms with van der Waals surface area (Å²) in [7, 11) is 1.63. The Bertz CT molecular complexity index is 336. The fourth-order valence-electron chi connectivity index (χ4n) is 1.34. The van der Waals surface area contributed by atoms with Crippen molar-refractivity contribution in [3.05, 3.63) is 16.3 Å². The number of hydrogen-bond acceptors (Lipinski definition) is 6. The molecule has 1 atom stereocenters. The van der Waals surface area contributed by atoms with Crippen molar-refractivity contribution in [1.29, 1.82) is 0 Å². The van der Waals surface area contributed by atoms with Crippen LogP contribution >= 0.6 is 11.3 Å². The largest absolute Gasteiger partial charge is 0.383 e. The van der Waals surface area contributed by atoms with Gasteiger partial charge in [0.25, 0.3) is 0 Å². The van der Waals surface area contributed by atoms with Crippen molar-refractivity contribution >= 4 is 21.5 Å². The molecule has 0 bridgehead atoms. The van der Waals surface area contributed by atoms with Gasteiger partial charge in [0.2, 0.25) is 0 Å². The molecule has 0 aliphatic heterocycles. The van der Waals surface area contributed by atoms with Gasteiger partial charge in [-0.1, -0.05) is 13.3 Å². The topological polar surface area (TPSA) is 77.3 Å². The molecule has 6 nitrogen and oxygen atoms in total. The quantitative estimate of drug-likeness (QED) is 0.589. The minimum Gasteiger partial charge on any atom is -0.383 e. The monoisotopic (exact) mass is 245 g/mol. The predicted molar refractivity (Wildman–Crippen MR) is 63.0 cm³/mol. The SMILES string of the molecule is CCCC(COC)Nc1ncc([N+](=O)[O-])s1. The normalized spacial score (nSPS) is 12.4. The molecule has 1 aromatic rings. The van der Waals surface area contributed by atoms with Crippen LogP contribution < -0.4 is 5.32 Å². The van der Waals surface area contributed by atoms with Crippen LogP contribution in [0.1, 0.15) is 19.8 Å². The molecule has 1 heterocycles. The van der Waals surface area contributed by atoms with Gasteiger partial charge in [0.1, 0.15) is 6.20 Å². The van der Waals surface area contributed by atoms with E-state index in [4.69, 9.17) is 4.74 Å². The number of nitro groups is 1. The average molecular weight is 245 g/mol. The summed E-state index contributed by atoms with van der Waals surface area (Å²) in [4.78, 5) is 14.0. The van der Waals surface area contributed by atoms with E-state index in [-0.39, 0.29) is 11.0 Å². The van der Waals surface area contributed by atoms with Crippen LogP contribution in [0.4, 0.5) is 10.1 Å². The fourth-order valence-corrected chi connectivity index (χ4v) is 2.05. The van der Waals surface area contributed by atoms with Crippen molar-refractivity contribution in [1.82, 2.24) is 4.98 Å². The van der Waals surface area contributed by atoms with Crippen molar-refractivity contribution in [2.24, 2.45) is 0 Å². The Morgan fingerprint density at radius 1 is 1.75 bits per heavy atom. The van der Waals surface area contributed by atoms with Crippen molar-refractivity contribution in [3.63, 3.8) is 0 Å². The minimum atomic E-state index is -0.437. The van der Waals surface area contributed by atoms with E-state index >= 15 is 0 Å². The van der Waals surface area contributed by atoms with Crippen LogP contribution in [0.25, 0.3) is 0 Å². The molecule has 0 saturated carbocycles. The third kappa shape index (κ3) is 3.74. The number of anilines is 1. The summed E-state index contributed by atoms with van der Waals surface area (Å²) in [6.45, 7) is 2.65. The summed E-state index contributed by atoms with van der Waals surface area (Å²) < 4.78 is 5.06. The molecular weight excluding hydrogens is 230 g/mol. The molecule has 1 unspecified atom stereocenters. The number of aromatic nitrogens is 1. The number of nitrogens with one attached hydrogen (secondary N) is 1. The molecule has 90 valence electrons. The Labute approximate surface area is 97.8 Å². The molecule has 0 aromatic carbocycles. The molecule has 0 saturated heterocycles. The summed E-state index contributed by atoms with van der Waals surface area (Å²) in [5.41, 5.74) is 0. The summed E-state index contributed by atoms with van der Waals surface area (Å²) in [5, 5.41) is 14.2. The first kappa shape index (κ1) is 12.9. The maximum Gasteiger partial charge on any atom is 0.345 e. The maximum atomic E-state index is 10.5. The molecular formula is C9H15N3O3S. The van der Waals surface area contributed by atoms with Crippen LogP contribution in [-0.2, 0) is 4.74 Å². The first-order valence-corrected chi connectivity index (χ1v) is 5.84. The number of rotatable bonds is 7. The van der Waals surface area contributed by atoms with Crippen molar-refractivity contribution < 1.29 is 9.66 Å². The Morgan fingerprint density at radius 3 is 3.00 bits per heavy atom. The lowest BCUT2D eigenvalue weighted by atomic mass is 10.2. The lowest BCUT2D eigenvalue weighted by Crippen LogP contribution is -2.24. The van der Waals surface area contributed by atoms with Gasteiger partial charge >= 0.3 is 5.00 Å². The first-order chi connectivity index (χ1) is 7.67. The van der Waals surface area contributed by atoms with Gasteiger partial charge in [-0.05, 0) is 17.8 Å². The van der Waals surface area contributed by atoms with Crippen LogP contribution in [0.15, 0.2) is 6.20 Å². The Balaban J connectivity index is 2.58. The Hall–Kier alpha value is -1.21. The second-order valence-corrected chi connectivity index (χ2v) is 4.36. The molecule has 1 aromatic heterocycles. The van der Waals surface area contributed by atoms with Crippen molar-refractivity contribution in [2.45, 2.75) is 25.8 Å². The van der Waals surface area contributed by atoms with Gasteiger partial charge in [-0.3, -0.25) is 10.1 Å². The molecule has 1 N–H and O–H groups in total. The molecule has 0 aliphatic carbocycles. The lowest BCUT2D eigenvalue weighted by Gasteiger charge is -2.15. The van der Waals surface area contributed by atoms with E-state index in [0.29, 0.717) is 11.7 Å². The van der Waals surface area contributed by atoms with Crippen LogP contribution in [0, 0.1) is 10.1 Å². The fraction of sp³-hybridized carbons (Fsp3) is 0.667. The number of hydrogen-bond donors (Lipinski definition) is 1. The molecule has 7 heteroatoms. The second-order valence-electron chi connectivity index (χ2n) is 3.35. The van der Waals surface area contributed by atoms with E-state index in [9.17, 15) is 10.1 Å². The minimum absolute atomic E-state index is 0.0511. The third-order valence-electron chi connectivity index (χ3n) is 2.01. The van der Waals surface area contributed by atoms with Gasteiger partial charge < -0.3 is 10.1 Å². The zero-order valence-electron chi connectivity index (χ0n) is 9.30. The lowest BCUT2D eigenvalue weighted by molar-refractivity contribution is -0.380. The highest BCUT2D eigenvalue weighted by Gasteiger charge is 2.14. The zero-order valence-corrected chi connectivity index (χ0v) is 10.1. The van der Waals surface area contributed by atoms with Gasteiger partial charge in [-0.2, -0.15) is 0 Å². The smallest absolute Gasteiger partial charge is 0.345 e. The first-order valence-electron chi connectivity index (χ1n) is 5.03. The highest BCUT2D eigenvalue weighted by molar-refractivity contribution is 7.18.